The quantitative estimate of drug-likeness (QED) is 0.840. The van der Waals surface area contributed by atoms with Crippen LogP contribution in [0.1, 0.15) is 19.4 Å². The van der Waals surface area contributed by atoms with E-state index in [1.54, 1.807) is 18.2 Å². The smallest absolute Gasteiger partial charge is 0.271 e. The number of halogens is 1. The highest BCUT2D eigenvalue weighted by Crippen LogP contribution is 2.27. The normalized spacial score (nSPS) is 11.8. The number of thiophene rings is 1. The molecule has 4 nitrogen and oxygen atoms in total. The van der Waals surface area contributed by atoms with Crippen LogP contribution >= 0.6 is 22.9 Å². The monoisotopic (exact) mass is 344 g/mol. The standard InChI is InChI=1S/C14H17ClN2O2S2/c1-10(2)16-9-11-3-5-12(6-4-11)17-21(18,19)14-8-7-13(15)20-14/h3-8,10,16-17H,9H2,1-2H3. The van der Waals surface area contributed by atoms with E-state index in [1.165, 1.54) is 6.07 Å². The second-order valence-corrected chi connectivity index (χ2v) is 8.52. The lowest BCUT2D eigenvalue weighted by Gasteiger charge is -2.10. The third-order valence-electron chi connectivity index (χ3n) is 2.73. The molecule has 21 heavy (non-hydrogen) atoms. The van der Waals surface area contributed by atoms with Gasteiger partial charge in [-0.25, -0.2) is 8.42 Å². The summed E-state index contributed by atoms with van der Waals surface area (Å²) in [5, 5.41) is 3.31. The Morgan fingerprint density at radius 3 is 2.33 bits per heavy atom. The molecule has 1 heterocycles. The molecule has 0 aliphatic carbocycles. The summed E-state index contributed by atoms with van der Waals surface area (Å²) in [6.07, 6.45) is 0. The van der Waals surface area contributed by atoms with Gasteiger partial charge in [-0.05, 0) is 29.8 Å². The molecule has 0 radical (unpaired) electrons. The molecule has 1 aromatic heterocycles. The molecule has 7 heteroatoms. The Hall–Kier alpha value is -1.08. The molecule has 1 aromatic carbocycles. The van der Waals surface area contributed by atoms with Gasteiger partial charge in [0, 0.05) is 18.3 Å². The van der Waals surface area contributed by atoms with Crippen molar-refractivity contribution in [1.29, 1.82) is 0 Å². The molecule has 0 aliphatic rings. The Balaban J connectivity index is 2.06. The van der Waals surface area contributed by atoms with E-state index in [1.807, 2.05) is 12.1 Å². The molecule has 0 saturated carbocycles. The number of rotatable bonds is 6. The summed E-state index contributed by atoms with van der Waals surface area (Å²) in [6, 6.07) is 10.8. The predicted octanol–water partition coefficient (Wildman–Crippen LogP) is 3.70. The maximum Gasteiger partial charge on any atom is 0.271 e. The van der Waals surface area contributed by atoms with Gasteiger partial charge in [0.25, 0.3) is 10.0 Å². The fourth-order valence-corrected chi connectivity index (χ4v) is 4.20. The van der Waals surface area contributed by atoms with Crippen LogP contribution in [0.15, 0.2) is 40.6 Å². The van der Waals surface area contributed by atoms with E-state index in [0.29, 0.717) is 16.1 Å². The van der Waals surface area contributed by atoms with Gasteiger partial charge in [-0.1, -0.05) is 37.6 Å². The first kappa shape index (κ1) is 16.3. The van der Waals surface area contributed by atoms with E-state index in [9.17, 15) is 8.42 Å². The summed E-state index contributed by atoms with van der Waals surface area (Å²) in [5.41, 5.74) is 1.64. The number of sulfonamides is 1. The Bertz CT molecular complexity index is 694. The maximum atomic E-state index is 12.1. The lowest BCUT2D eigenvalue weighted by molar-refractivity contribution is 0.589. The fraction of sp³-hybridized carbons (Fsp3) is 0.286. The third kappa shape index (κ3) is 4.71. The number of nitrogens with one attached hydrogen (secondary N) is 2. The van der Waals surface area contributed by atoms with Gasteiger partial charge < -0.3 is 5.32 Å². The van der Waals surface area contributed by atoms with Crippen molar-refractivity contribution in [2.45, 2.75) is 30.6 Å². The molecule has 0 spiro atoms. The van der Waals surface area contributed by atoms with E-state index in [4.69, 9.17) is 11.6 Å². The van der Waals surface area contributed by atoms with E-state index in [2.05, 4.69) is 23.9 Å². The van der Waals surface area contributed by atoms with Gasteiger partial charge in [-0.15, -0.1) is 11.3 Å². The topological polar surface area (TPSA) is 58.2 Å². The van der Waals surface area contributed by atoms with Crippen LogP contribution in [0.5, 0.6) is 0 Å². The number of hydrogen-bond acceptors (Lipinski definition) is 4. The minimum Gasteiger partial charge on any atom is -0.310 e. The van der Waals surface area contributed by atoms with E-state index < -0.39 is 10.0 Å². The van der Waals surface area contributed by atoms with Crippen LogP contribution < -0.4 is 10.0 Å². The van der Waals surface area contributed by atoms with Gasteiger partial charge in [0.15, 0.2) is 0 Å². The molecule has 2 rings (SSSR count). The van der Waals surface area contributed by atoms with Crippen molar-refractivity contribution in [3.05, 3.63) is 46.3 Å². The molecule has 0 aliphatic heterocycles. The first-order valence-corrected chi connectivity index (χ1v) is 9.15. The largest absolute Gasteiger partial charge is 0.310 e. The SMILES string of the molecule is CC(C)NCc1ccc(NS(=O)(=O)c2ccc(Cl)s2)cc1. The van der Waals surface area contributed by atoms with Gasteiger partial charge in [0.1, 0.15) is 4.21 Å². The molecular weight excluding hydrogens is 328 g/mol. The van der Waals surface area contributed by atoms with E-state index in [-0.39, 0.29) is 4.21 Å². The second kappa shape index (κ2) is 6.79. The highest BCUT2D eigenvalue weighted by Gasteiger charge is 2.16. The molecule has 0 unspecified atom stereocenters. The fourth-order valence-electron chi connectivity index (χ4n) is 1.66. The lowest BCUT2D eigenvalue weighted by Crippen LogP contribution is -2.21. The van der Waals surface area contributed by atoms with Crippen LogP contribution in [0.3, 0.4) is 0 Å². The van der Waals surface area contributed by atoms with Crippen LogP contribution in [-0.2, 0) is 16.6 Å². The zero-order valence-electron chi connectivity index (χ0n) is 11.8. The van der Waals surface area contributed by atoms with E-state index in [0.717, 1.165) is 23.4 Å². The van der Waals surface area contributed by atoms with Crippen LogP contribution in [0.25, 0.3) is 0 Å². The average molecular weight is 345 g/mol. The van der Waals surface area contributed by atoms with Gasteiger partial charge in [-0.2, -0.15) is 0 Å². The summed E-state index contributed by atoms with van der Waals surface area (Å²) in [4.78, 5) is 0. The molecule has 0 fully saturated rings. The van der Waals surface area contributed by atoms with Crippen molar-refractivity contribution in [2.75, 3.05) is 4.72 Å². The van der Waals surface area contributed by atoms with Crippen LogP contribution in [0, 0.1) is 0 Å². The highest BCUT2D eigenvalue weighted by molar-refractivity contribution is 7.94. The van der Waals surface area contributed by atoms with Crippen molar-refractivity contribution in [3.8, 4) is 0 Å². The minimum absolute atomic E-state index is 0.207. The molecule has 114 valence electrons. The Morgan fingerprint density at radius 1 is 1.14 bits per heavy atom. The number of hydrogen-bond donors (Lipinski definition) is 2. The summed E-state index contributed by atoms with van der Waals surface area (Å²) in [5.74, 6) is 0. The molecule has 0 amide bonds. The van der Waals surface area contributed by atoms with Crippen LogP contribution in [0.4, 0.5) is 5.69 Å². The Morgan fingerprint density at radius 2 is 1.81 bits per heavy atom. The van der Waals surface area contributed by atoms with Crippen molar-refractivity contribution < 1.29 is 8.42 Å². The van der Waals surface area contributed by atoms with Crippen LogP contribution in [-0.4, -0.2) is 14.5 Å². The molecule has 0 atom stereocenters. The van der Waals surface area contributed by atoms with E-state index >= 15 is 0 Å². The maximum absolute atomic E-state index is 12.1. The van der Waals surface area contributed by atoms with Gasteiger partial charge in [0.05, 0.1) is 4.34 Å². The van der Waals surface area contributed by atoms with Gasteiger partial charge >= 0.3 is 0 Å². The number of benzene rings is 1. The second-order valence-electron chi connectivity index (χ2n) is 4.90. The van der Waals surface area contributed by atoms with Gasteiger partial charge in [0.2, 0.25) is 0 Å². The van der Waals surface area contributed by atoms with Crippen molar-refractivity contribution >= 4 is 38.6 Å². The number of anilines is 1. The molecule has 2 N–H and O–H groups in total. The minimum atomic E-state index is -3.56. The zero-order chi connectivity index (χ0) is 15.5. The van der Waals surface area contributed by atoms with Crippen LogP contribution in [0.2, 0.25) is 4.34 Å². The van der Waals surface area contributed by atoms with Gasteiger partial charge in [-0.3, -0.25) is 4.72 Å². The first-order valence-electron chi connectivity index (χ1n) is 6.47. The Labute approximate surface area is 134 Å². The summed E-state index contributed by atoms with van der Waals surface area (Å²) >= 11 is 6.80. The molecule has 0 saturated heterocycles. The van der Waals surface area contributed by atoms with Crippen molar-refractivity contribution in [3.63, 3.8) is 0 Å². The Kier molecular flexibility index (Phi) is 5.27. The van der Waals surface area contributed by atoms with Crippen molar-refractivity contribution in [2.24, 2.45) is 0 Å². The summed E-state index contributed by atoms with van der Waals surface area (Å²) in [6.45, 7) is 4.91. The summed E-state index contributed by atoms with van der Waals surface area (Å²) in [7, 11) is -3.56. The predicted molar refractivity (Wildman–Crippen MR) is 88.6 cm³/mol. The molecular formula is C14H17ClN2O2S2. The summed E-state index contributed by atoms with van der Waals surface area (Å²) < 4.78 is 27.5. The van der Waals surface area contributed by atoms with Crippen molar-refractivity contribution in [1.82, 2.24) is 5.32 Å². The molecule has 2 aromatic rings. The third-order valence-corrected chi connectivity index (χ3v) is 5.84. The lowest BCUT2D eigenvalue weighted by atomic mass is 10.2. The first-order chi connectivity index (χ1) is 9.87. The average Bonchev–Trinajstić information content (AvgIpc) is 2.85. The zero-order valence-corrected chi connectivity index (χ0v) is 14.1. The molecule has 0 bridgehead atoms. The highest BCUT2D eigenvalue weighted by atomic mass is 35.5.